The van der Waals surface area contributed by atoms with Gasteiger partial charge in [0.05, 0.1) is 17.7 Å². The summed E-state index contributed by atoms with van der Waals surface area (Å²) in [5, 5.41) is 4.91. The van der Waals surface area contributed by atoms with Gasteiger partial charge in [0.1, 0.15) is 5.56 Å². The lowest BCUT2D eigenvalue weighted by Gasteiger charge is -2.15. The number of nitrogens with zero attached hydrogens (tertiary/aromatic N) is 1. The fourth-order valence-electron chi connectivity index (χ4n) is 2.32. The third-order valence-corrected chi connectivity index (χ3v) is 4.80. The Morgan fingerprint density at radius 3 is 2.36 bits per heavy atom. The van der Waals surface area contributed by atoms with Crippen LogP contribution in [0.25, 0.3) is 0 Å². The maximum Gasteiger partial charge on any atom is 0.411 e. The first kappa shape index (κ1) is 18.5. The fraction of sp³-hybridized carbons (Fsp3) is 0.267. The van der Waals surface area contributed by atoms with Crippen molar-refractivity contribution in [1.29, 1.82) is 0 Å². The van der Waals surface area contributed by atoms with Crippen molar-refractivity contribution in [3.05, 3.63) is 45.4 Å². The quantitative estimate of drug-likeness (QED) is 0.771. The zero-order valence-electron chi connectivity index (χ0n) is 14.0. The van der Waals surface area contributed by atoms with E-state index >= 15 is 0 Å². The predicted octanol–water partition coefficient (Wildman–Crippen LogP) is 0.835. The van der Waals surface area contributed by atoms with Crippen molar-refractivity contribution >= 4 is 27.4 Å². The van der Waals surface area contributed by atoms with Crippen molar-refractivity contribution < 1.29 is 22.7 Å². The van der Waals surface area contributed by atoms with Crippen LogP contribution >= 0.6 is 0 Å². The molecule has 9 nitrogen and oxygen atoms in total. The summed E-state index contributed by atoms with van der Waals surface area (Å²) < 4.78 is 29.5. The van der Waals surface area contributed by atoms with E-state index in [0.29, 0.717) is 0 Å². The van der Waals surface area contributed by atoms with Crippen LogP contribution in [0.1, 0.15) is 21.5 Å². The number of nitrogens with one attached hydrogen (secondary N) is 2. The summed E-state index contributed by atoms with van der Waals surface area (Å²) in [4.78, 5) is 36.0. The molecule has 0 saturated carbocycles. The van der Waals surface area contributed by atoms with Crippen molar-refractivity contribution in [1.82, 2.24) is 9.78 Å². The minimum Gasteiger partial charge on any atom is -0.453 e. The van der Waals surface area contributed by atoms with Crippen LogP contribution in [-0.4, -0.2) is 43.4 Å². The summed E-state index contributed by atoms with van der Waals surface area (Å²) in [7, 11) is -1.09. The van der Waals surface area contributed by atoms with Gasteiger partial charge >= 0.3 is 6.09 Å². The smallest absolute Gasteiger partial charge is 0.411 e. The number of aryl methyl sites for hydroxylation is 1. The van der Waals surface area contributed by atoms with E-state index in [1.807, 2.05) is 0 Å². The normalized spacial score (nSPS) is 11.2. The van der Waals surface area contributed by atoms with E-state index in [2.05, 4.69) is 15.2 Å². The molecule has 1 aromatic carbocycles. The second kappa shape index (κ2) is 6.55. The number of methoxy groups -OCH3 is 1. The molecule has 0 atom stereocenters. The van der Waals surface area contributed by atoms with Crippen molar-refractivity contribution in [3.8, 4) is 0 Å². The van der Waals surface area contributed by atoms with Gasteiger partial charge in [-0.3, -0.25) is 19.6 Å². The number of hydrogen-bond acceptors (Lipinski definition) is 6. The van der Waals surface area contributed by atoms with Gasteiger partial charge in [-0.15, -0.1) is 0 Å². The van der Waals surface area contributed by atoms with E-state index in [1.54, 1.807) is 0 Å². The lowest BCUT2D eigenvalue weighted by Crippen LogP contribution is -2.21. The van der Waals surface area contributed by atoms with E-state index in [0.717, 1.165) is 18.0 Å². The fourth-order valence-corrected chi connectivity index (χ4v) is 3.21. The molecular weight excluding hydrogens is 350 g/mol. The maximum atomic E-state index is 12.6. The minimum absolute atomic E-state index is 0.0624. The van der Waals surface area contributed by atoms with Crippen molar-refractivity contribution in [3.63, 3.8) is 0 Å². The van der Waals surface area contributed by atoms with Crippen LogP contribution in [0.3, 0.4) is 0 Å². The van der Waals surface area contributed by atoms with Gasteiger partial charge in [0.2, 0.25) is 5.78 Å². The Hall–Kier alpha value is -2.88. The number of benzene rings is 1. The molecular formula is C15H17N3O6S. The standard InChI is InChI=1S/C15H17N3O6S/c1-8-9(13(19)10-7-16-18(2)14(10)20)5-6-11(25(4,22)23)12(8)17-15(21)24-3/h5-7,16H,1-4H3,(H,17,21). The molecule has 2 N–H and O–H groups in total. The number of ether oxygens (including phenoxy) is 1. The molecule has 25 heavy (non-hydrogen) atoms. The van der Waals surface area contributed by atoms with Crippen molar-refractivity contribution in [2.45, 2.75) is 11.8 Å². The predicted molar refractivity (Wildman–Crippen MR) is 89.8 cm³/mol. The van der Waals surface area contributed by atoms with Crippen LogP contribution in [0, 0.1) is 6.92 Å². The number of aromatic amines is 1. The van der Waals surface area contributed by atoms with Gasteiger partial charge in [0, 0.05) is 25.1 Å². The Morgan fingerprint density at radius 1 is 1.24 bits per heavy atom. The number of aromatic nitrogens is 2. The number of ketones is 1. The molecule has 0 aliphatic carbocycles. The summed E-state index contributed by atoms with van der Waals surface area (Å²) in [5.74, 6) is -0.590. The van der Waals surface area contributed by atoms with Gasteiger partial charge in [0.15, 0.2) is 9.84 Å². The second-order valence-electron chi connectivity index (χ2n) is 5.38. The van der Waals surface area contributed by atoms with Crippen molar-refractivity contribution in [2.24, 2.45) is 7.05 Å². The molecule has 0 radical (unpaired) electrons. The average molecular weight is 367 g/mol. The van der Waals surface area contributed by atoms with Gasteiger partial charge in [-0.05, 0) is 24.6 Å². The van der Waals surface area contributed by atoms with E-state index < -0.39 is 27.3 Å². The van der Waals surface area contributed by atoms with E-state index in [-0.39, 0.29) is 27.3 Å². The first-order chi connectivity index (χ1) is 11.6. The van der Waals surface area contributed by atoms with E-state index in [1.165, 1.54) is 32.3 Å². The number of sulfone groups is 1. The summed E-state index contributed by atoms with van der Waals surface area (Å²) >= 11 is 0. The highest BCUT2D eigenvalue weighted by molar-refractivity contribution is 7.90. The molecule has 0 bridgehead atoms. The zero-order chi connectivity index (χ0) is 18.9. The molecule has 2 aromatic rings. The lowest BCUT2D eigenvalue weighted by molar-refractivity contribution is 0.103. The number of carbonyl (C=O) groups excluding carboxylic acids is 2. The van der Waals surface area contributed by atoms with Gasteiger partial charge in [-0.2, -0.15) is 0 Å². The molecule has 0 spiro atoms. The second-order valence-corrected chi connectivity index (χ2v) is 7.36. The molecule has 0 saturated heterocycles. The molecule has 0 unspecified atom stereocenters. The van der Waals surface area contributed by atoms with E-state index in [9.17, 15) is 22.8 Å². The number of carbonyl (C=O) groups is 2. The topological polar surface area (TPSA) is 127 Å². The highest BCUT2D eigenvalue weighted by Crippen LogP contribution is 2.29. The molecule has 1 aromatic heterocycles. The van der Waals surface area contributed by atoms with Crippen LogP contribution in [0.15, 0.2) is 28.0 Å². The number of H-pyrrole nitrogens is 1. The summed E-state index contributed by atoms with van der Waals surface area (Å²) in [6.07, 6.45) is 1.37. The summed E-state index contributed by atoms with van der Waals surface area (Å²) in [6.45, 7) is 1.48. The third-order valence-electron chi connectivity index (χ3n) is 3.67. The molecule has 0 aliphatic rings. The monoisotopic (exact) mass is 367 g/mol. The Kier molecular flexibility index (Phi) is 4.84. The lowest BCUT2D eigenvalue weighted by atomic mass is 9.99. The SMILES string of the molecule is COC(=O)Nc1c(S(C)(=O)=O)ccc(C(=O)c2c[nH]n(C)c2=O)c1C. The van der Waals surface area contributed by atoms with Crippen LogP contribution in [0.2, 0.25) is 0 Å². The molecule has 0 fully saturated rings. The van der Waals surface area contributed by atoms with Gasteiger partial charge in [-0.1, -0.05) is 0 Å². The Balaban J connectivity index is 2.67. The first-order valence-electron chi connectivity index (χ1n) is 7.05. The van der Waals surface area contributed by atoms with E-state index in [4.69, 9.17) is 0 Å². The number of amides is 1. The highest BCUT2D eigenvalue weighted by Gasteiger charge is 2.24. The molecule has 134 valence electrons. The molecule has 2 rings (SSSR count). The van der Waals surface area contributed by atoms with Gasteiger partial charge < -0.3 is 9.84 Å². The van der Waals surface area contributed by atoms with Crippen LogP contribution in [0.4, 0.5) is 10.5 Å². The molecule has 0 aliphatic heterocycles. The number of anilines is 1. The third kappa shape index (κ3) is 3.48. The van der Waals surface area contributed by atoms with Gasteiger partial charge in [0.25, 0.3) is 5.56 Å². The Bertz CT molecular complexity index is 1020. The molecule has 1 amide bonds. The average Bonchev–Trinajstić information content (AvgIpc) is 2.86. The first-order valence-corrected chi connectivity index (χ1v) is 8.94. The number of hydrogen-bond donors (Lipinski definition) is 2. The van der Waals surface area contributed by atoms with Gasteiger partial charge in [-0.25, -0.2) is 13.2 Å². The summed E-state index contributed by atoms with van der Waals surface area (Å²) in [5.41, 5.74) is -0.370. The maximum absolute atomic E-state index is 12.6. The Morgan fingerprint density at radius 2 is 1.88 bits per heavy atom. The zero-order valence-corrected chi connectivity index (χ0v) is 14.9. The number of rotatable bonds is 4. The summed E-state index contributed by atoms with van der Waals surface area (Å²) in [6, 6.07) is 2.51. The Labute approximate surface area is 143 Å². The highest BCUT2D eigenvalue weighted by atomic mass is 32.2. The van der Waals surface area contributed by atoms with Crippen LogP contribution in [0.5, 0.6) is 0 Å². The van der Waals surface area contributed by atoms with Crippen LogP contribution < -0.4 is 10.9 Å². The van der Waals surface area contributed by atoms with Crippen LogP contribution in [-0.2, 0) is 21.6 Å². The largest absolute Gasteiger partial charge is 0.453 e. The molecule has 10 heteroatoms. The minimum atomic E-state index is -3.67. The molecule has 1 heterocycles. The van der Waals surface area contributed by atoms with Crippen molar-refractivity contribution in [2.75, 3.05) is 18.7 Å².